The number of rotatable bonds is 1. The summed E-state index contributed by atoms with van der Waals surface area (Å²) in [5.41, 5.74) is 2.11. The first-order valence-electron chi connectivity index (χ1n) is 7.39. The molecule has 3 nitrogen and oxygen atoms in total. The highest BCUT2D eigenvalue weighted by Gasteiger charge is 2.12. The molecule has 0 saturated carbocycles. The summed E-state index contributed by atoms with van der Waals surface area (Å²) in [5, 5.41) is 2.94. The number of fused-ring (bicyclic) bond motifs is 3. The molecule has 0 heterocycles. The lowest BCUT2D eigenvalue weighted by Gasteiger charge is -2.30. The summed E-state index contributed by atoms with van der Waals surface area (Å²) in [5.74, 6) is 0. The topological polar surface area (TPSA) is 63.2 Å². The summed E-state index contributed by atoms with van der Waals surface area (Å²) in [6.07, 6.45) is 8.82. The van der Waals surface area contributed by atoms with E-state index in [4.69, 9.17) is 0 Å². The van der Waals surface area contributed by atoms with Gasteiger partial charge in [-0.15, -0.1) is 0 Å². The van der Waals surface area contributed by atoms with Crippen molar-refractivity contribution in [3.63, 3.8) is 0 Å². The molecule has 0 N–H and O–H groups in total. The van der Waals surface area contributed by atoms with Crippen LogP contribution in [0.2, 0.25) is 0 Å². The molecule has 2 aliphatic rings. The van der Waals surface area contributed by atoms with Crippen molar-refractivity contribution in [2.75, 3.05) is 0 Å². The molecule has 4 rings (SSSR count). The van der Waals surface area contributed by atoms with Gasteiger partial charge >= 0.3 is 0 Å². The minimum atomic E-state index is -4.87. The molecule has 0 atom stereocenters. The van der Waals surface area contributed by atoms with Gasteiger partial charge in [-0.3, -0.25) is 0 Å². The van der Waals surface area contributed by atoms with Crippen LogP contribution in [0.3, 0.4) is 0 Å². The first kappa shape index (κ1) is 14.4. The molecule has 0 amide bonds. The van der Waals surface area contributed by atoms with Crippen LogP contribution in [0.15, 0.2) is 66.3 Å². The molecule has 4 heteroatoms. The highest BCUT2D eigenvalue weighted by molar-refractivity contribution is 7.57. The van der Waals surface area contributed by atoms with Crippen LogP contribution in [0.25, 0.3) is 11.6 Å². The van der Waals surface area contributed by atoms with E-state index >= 15 is 0 Å². The second-order valence-electron chi connectivity index (χ2n) is 5.66. The number of hydrogen-bond donors (Lipinski definition) is 0. The molecule has 114 valence electrons. The predicted octanol–water partition coefficient (Wildman–Crippen LogP) is 0.344. The highest BCUT2D eigenvalue weighted by Crippen LogP contribution is 2.25. The van der Waals surface area contributed by atoms with E-state index in [0.717, 1.165) is 33.2 Å². The van der Waals surface area contributed by atoms with Gasteiger partial charge < -0.3 is 14.4 Å². The van der Waals surface area contributed by atoms with Crippen molar-refractivity contribution in [1.29, 1.82) is 0 Å². The summed E-state index contributed by atoms with van der Waals surface area (Å²) in [4.78, 5) is 23.6. The fourth-order valence-electron chi connectivity index (χ4n) is 3.30. The first-order chi connectivity index (χ1) is 11.1. The van der Waals surface area contributed by atoms with E-state index in [9.17, 15) is 14.4 Å². The Morgan fingerprint density at radius 3 is 2.57 bits per heavy atom. The Labute approximate surface area is 133 Å². The van der Waals surface area contributed by atoms with Crippen LogP contribution in [0.4, 0.5) is 0 Å². The molecule has 2 aromatic rings. The fraction of sp³-hybridized carbons (Fsp3) is 0.0526. The zero-order chi connectivity index (χ0) is 16.0. The Balaban J connectivity index is 2.41. The molecular formula is C19H13O3P-2. The second kappa shape index (κ2) is 5.17. The molecule has 0 aliphatic heterocycles. The van der Waals surface area contributed by atoms with Gasteiger partial charge in [0.15, 0.2) is 0 Å². The lowest BCUT2D eigenvalue weighted by Crippen LogP contribution is -2.30. The van der Waals surface area contributed by atoms with Gasteiger partial charge in [0.1, 0.15) is 0 Å². The van der Waals surface area contributed by atoms with Crippen molar-refractivity contribution < 1.29 is 14.4 Å². The van der Waals surface area contributed by atoms with Gasteiger partial charge in [0.05, 0.1) is 0 Å². The SMILES string of the molecule is O=P([O-])([O-])c1cccc2c1=c1ccccc1=CC1=CC=CCC=21. The van der Waals surface area contributed by atoms with Crippen LogP contribution in [0.1, 0.15) is 6.42 Å². The van der Waals surface area contributed by atoms with Gasteiger partial charge in [-0.1, -0.05) is 60.7 Å². The second-order valence-corrected chi connectivity index (χ2v) is 7.14. The van der Waals surface area contributed by atoms with Crippen molar-refractivity contribution >= 4 is 24.5 Å². The summed E-state index contributed by atoms with van der Waals surface area (Å²) < 4.78 is 11.8. The van der Waals surface area contributed by atoms with Gasteiger partial charge in [0, 0.05) is 0 Å². The Morgan fingerprint density at radius 1 is 0.957 bits per heavy atom. The molecule has 0 radical (unpaired) electrons. The van der Waals surface area contributed by atoms with E-state index in [1.165, 1.54) is 6.07 Å². The van der Waals surface area contributed by atoms with E-state index in [1.807, 2.05) is 48.6 Å². The van der Waals surface area contributed by atoms with E-state index in [-0.39, 0.29) is 5.30 Å². The summed E-state index contributed by atoms with van der Waals surface area (Å²) >= 11 is 0. The van der Waals surface area contributed by atoms with Crippen molar-refractivity contribution in [3.8, 4) is 0 Å². The normalized spacial score (nSPS) is 15.7. The number of hydrogen-bond acceptors (Lipinski definition) is 3. The van der Waals surface area contributed by atoms with Gasteiger partial charge in [0.2, 0.25) is 0 Å². The number of allylic oxidation sites excluding steroid dienone is 4. The van der Waals surface area contributed by atoms with E-state index < -0.39 is 7.60 Å². The molecule has 0 unspecified atom stereocenters. The molecular weight excluding hydrogens is 307 g/mol. The van der Waals surface area contributed by atoms with Crippen LogP contribution in [-0.2, 0) is 4.57 Å². The Kier molecular flexibility index (Phi) is 3.24. The first-order valence-corrected chi connectivity index (χ1v) is 8.93. The van der Waals surface area contributed by atoms with Crippen LogP contribution in [-0.4, -0.2) is 0 Å². The average Bonchev–Trinajstić information content (AvgIpc) is 2.68. The van der Waals surface area contributed by atoms with Crippen molar-refractivity contribution in [1.82, 2.24) is 0 Å². The smallest absolute Gasteiger partial charge is 0.00179 e. The van der Waals surface area contributed by atoms with Gasteiger partial charge in [-0.2, -0.15) is 0 Å². The Hall–Kier alpha value is -2.19. The third kappa shape index (κ3) is 2.34. The molecule has 0 aromatic heterocycles. The molecule has 0 fully saturated rings. The lowest BCUT2D eigenvalue weighted by atomic mass is 9.95. The molecule has 0 saturated heterocycles. The van der Waals surface area contributed by atoms with Crippen molar-refractivity contribution in [2.24, 2.45) is 0 Å². The van der Waals surface area contributed by atoms with E-state index in [0.29, 0.717) is 5.22 Å². The van der Waals surface area contributed by atoms with Crippen molar-refractivity contribution in [2.45, 2.75) is 6.42 Å². The van der Waals surface area contributed by atoms with E-state index in [2.05, 4.69) is 6.08 Å². The zero-order valence-corrected chi connectivity index (χ0v) is 13.1. The van der Waals surface area contributed by atoms with Gasteiger partial charge in [-0.05, 0) is 57.4 Å². The average molecular weight is 320 g/mol. The third-order valence-corrected chi connectivity index (χ3v) is 5.25. The standard InChI is InChI=1S/C19H15O3P/c20-23(21,22)18-11-5-10-17-15-8-3-1-6-13(15)12-14-7-2-4-9-16(14)19(17)18/h1-7,9-12H,8H2,(H2,20,21,22)/p-2. The van der Waals surface area contributed by atoms with Gasteiger partial charge in [0.25, 0.3) is 0 Å². The number of benzene rings is 2. The van der Waals surface area contributed by atoms with Crippen LogP contribution in [0.5, 0.6) is 0 Å². The molecule has 0 spiro atoms. The quantitative estimate of drug-likeness (QED) is 0.712. The Morgan fingerprint density at radius 2 is 1.74 bits per heavy atom. The van der Waals surface area contributed by atoms with Crippen LogP contribution >= 0.6 is 7.60 Å². The maximum absolute atomic E-state index is 11.8. The van der Waals surface area contributed by atoms with Crippen LogP contribution in [0, 0.1) is 10.4 Å². The molecule has 2 aromatic carbocycles. The van der Waals surface area contributed by atoms with Crippen LogP contribution < -0.4 is 25.5 Å². The maximum Gasteiger partial charge on any atom is -0.00179 e. The molecule has 23 heavy (non-hydrogen) atoms. The summed E-state index contributed by atoms with van der Waals surface area (Å²) in [7, 11) is -4.87. The minimum absolute atomic E-state index is 0.126. The summed E-state index contributed by atoms with van der Waals surface area (Å²) in [6, 6.07) is 12.5. The monoisotopic (exact) mass is 320 g/mol. The fourth-order valence-corrected chi connectivity index (χ4v) is 4.08. The Bertz CT molecular complexity index is 1130. The van der Waals surface area contributed by atoms with E-state index in [1.54, 1.807) is 6.07 Å². The highest BCUT2D eigenvalue weighted by atomic mass is 31.2. The predicted molar refractivity (Wildman–Crippen MR) is 86.8 cm³/mol. The summed E-state index contributed by atoms with van der Waals surface area (Å²) in [6.45, 7) is 0. The maximum atomic E-state index is 11.8. The van der Waals surface area contributed by atoms with Gasteiger partial charge in [-0.25, -0.2) is 0 Å². The largest absolute Gasteiger partial charge is 0.807 e. The minimum Gasteiger partial charge on any atom is -0.807 e. The zero-order valence-electron chi connectivity index (χ0n) is 12.2. The molecule has 2 aliphatic carbocycles. The van der Waals surface area contributed by atoms with Crippen molar-refractivity contribution in [3.05, 3.63) is 87.1 Å². The molecule has 0 bridgehead atoms. The third-order valence-electron chi connectivity index (χ3n) is 4.29. The lowest BCUT2D eigenvalue weighted by molar-refractivity contribution is -0.308.